The number of hydrogen-bond donors (Lipinski definition) is 1. The largest absolute Gasteiger partial charge is 0.396 e. The maximum Gasteiger partial charge on any atom is 0.145 e. The zero-order chi connectivity index (χ0) is 11.8. The lowest BCUT2D eigenvalue weighted by atomic mass is 9.65. The van der Waals surface area contributed by atoms with Crippen molar-refractivity contribution in [2.45, 2.75) is 46.0 Å². The Morgan fingerprint density at radius 2 is 2.31 bits per heavy atom. The van der Waals surface area contributed by atoms with Gasteiger partial charge in [-0.1, -0.05) is 19.4 Å². The highest BCUT2D eigenvalue weighted by molar-refractivity contribution is 5.75. The Morgan fingerprint density at radius 3 is 2.94 bits per heavy atom. The first-order valence-corrected chi connectivity index (χ1v) is 6.42. The van der Waals surface area contributed by atoms with Crippen molar-refractivity contribution in [3.63, 3.8) is 0 Å². The van der Waals surface area contributed by atoms with E-state index >= 15 is 0 Å². The van der Waals surface area contributed by atoms with Crippen molar-refractivity contribution in [1.82, 2.24) is 0 Å². The van der Waals surface area contributed by atoms with E-state index in [-0.39, 0.29) is 12.0 Å². The molecule has 0 spiro atoms. The van der Waals surface area contributed by atoms with Gasteiger partial charge in [0.15, 0.2) is 0 Å². The minimum absolute atomic E-state index is 0.191. The van der Waals surface area contributed by atoms with Crippen molar-refractivity contribution in [3.8, 4) is 0 Å². The van der Waals surface area contributed by atoms with E-state index in [1.165, 1.54) is 12.0 Å². The molecule has 2 heteroatoms. The summed E-state index contributed by atoms with van der Waals surface area (Å²) in [5, 5.41) is 9.34. The van der Waals surface area contributed by atoms with E-state index in [4.69, 9.17) is 0 Å². The fourth-order valence-corrected chi connectivity index (χ4v) is 3.96. The molecule has 1 fully saturated rings. The summed E-state index contributed by atoms with van der Waals surface area (Å²) in [6, 6.07) is 0. The number of aliphatic hydroxyl groups excluding tert-OH is 1. The lowest BCUT2D eigenvalue weighted by Crippen LogP contribution is -2.32. The standard InChI is InChI=1S/C14H22O2/c1-10(8-15)12-5-6-13-11(9-16)4-3-7-14(12,13)2/h9-10,12,15H,3-8H2,1-2H3/t10-,12-,14-/m1/s1. The fourth-order valence-electron chi connectivity index (χ4n) is 3.96. The van der Waals surface area contributed by atoms with E-state index in [0.29, 0.717) is 11.8 Å². The van der Waals surface area contributed by atoms with Gasteiger partial charge in [-0.25, -0.2) is 0 Å². The third-order valence-electron chi connectivity index (χ3n) is 4.86. The van der Waals surface area contributed by atoms with E-state index in [1.807, 2.05) is 0 Å². The lowest BCUT2D eigenvalue weighted by molar-refractivity contribution is -0.105. The molecule has 16 heavy (non-hydrogen) atoms. The summed E-state index contributed by atoms with van der Waals surface area (Å²) in [5.41, 5.74) is 2.65. The van der Waals surface area contributed by atoms with Gasteiger partial charge in [-0.2, -0.15) is 0 Å². The average Bonchev–Trinajstić information content (AvgIpc) is 2.64. The second-order valence-electron chi connectivity index (χ2n) is 5.70. The highest BCUT2D eigenvalue weighted by Gasteiger charge is 2.46. The molecule has 0 bridgehead atoms. The van der Waals surface area contributed by atoms with Gasteiger partial charge < -0.3 is 5.11 Å². The predicted molar refractivity (Wildman–Crippen MR) is 64.0 cm³/mol. The van der Waals surface area contributed by atoms with Crippen molar-refractivity contribution in [2.75, 3.05) is 6.61 Å². The minimum Gasteiger partial charge on any atom is -0.396 e. The zero-order valence-corrected chi connectivity index (χ0v) is 10.3. The van der Waals surface area contributed by atoms with Crippen LogP contribution >= 0.6 is 0 Å². The predicted octanol–water partition coefficient (Wildman–Crippen LogP) is 2.71. The number of fused-ring (bicyclic) bond motifs is 1. The molecule has 1 saturated carbocycles. The average molecular weight is 222 g/mol. The van der Waals surface area contributed by atoms with Gasteiger partial charge in [0.25, 0.3) is 0 Å². The molecule has 0 heterocycles. The second kappa shape index (κ2) is 4.33. The SMILES string of the molecule is C[C@H](CO)[C@H]1CCC2=C(C=O)CCC[C@@]21C. The first-order chi connectivity index (χ1) is 7.63. The van der Waals surface area contributed by atoms with Gasteiger partial charge in [0, 0.05) is 6.61 Å². The molecule has 0 amide bonds. The van der Waals surface area contributed by atoms with Crippen molar-refractivity contribution >= 4 is 6.29 Å². The van der Waals surface area contributed by atoms with E-state index in [1.54, 1.807) is 0 Å². The molecule has 0 aromatic carbocycles. The van der Waals surface area contributed by atoms with Crippen LogP contribution in [0.25, 0.3) is 0 Å². The van der Waals surface area contributed by atoms with Gasteiger partial charge in [-0.05, 0) is 54.9 Å². The molecule has 2 aliphatic carbocycles. The van der Waals surface area contributed by atoms with Gasteiger partial charge in [0.05, 0.1) is 0 Å². The molecule has 2 aliphatic rings. The number of allylic oxidation sites excluding steroid dienone is 2. The monoisotopic (exact) mass is 222 g/mol. The Morgan fingerprint density at radius 1 is 1.56 bits per heavy atom. The summed E-state index contributed by atoms with van der Waals surface area (Å²) in [4.78, 5) is 11.1. The van der Waals surface area contributed by atoms with Crippen molar-refractivity contribution in [1.29, 1.82) is 0 Å². The molecular formula is C14H22O2. The molecular weight excluding hydrogens is 200 g/mol. The quantitative estimate of drug-likeness (QED) is 0.745. The van der Waals surface area contributed by atoms with Crippen molar-refractivity contribution in [2.24, 2.45) is 17.3 Å². The summed E-state index contributed by atoms with van der Waals surface area (Å²) in [6.45, 7) is 4.70. The molecule has 2 nitrogen and oxygen atoms in total. The molecule has 0 aromatic rings. The normalized spacial score (nSPS) is 36.1. The van der Waals surface area contributed by atoms with Crippen LogP contribution in [-0.4, -0.2) is 18.0 Å². The molecule has 3 atom stereocenters. The fraction of sp³-hybridized carbons (Fsp3) is 0.786. The topological polar surface area (TPSA) is 37.3 Å². The first kappa shape index (κ1) is 11.8. The highest BCUT2D eigenvalue weighted by atomic mass is 16.3. The Labute approximate surface area is 97.7 Å². The van der Waals surface area contributed by atoms with Crippen LogP contribution in [0.4, 0.5) is 0 Å². The Balaban J connectivity index is 2.34. The summed E-state index contributed by atoms with van der Waals surface area (Å²) in [7, 11) is 0. The van der Waals surface area contributed by atoms with Crippen LogP contribution in [-0.2, 0) is 4.79 Å². The van der Waals surface area contributed by atoms with E-state index in [9.17, 15) is 9.90 Å². The van der Waals surface area contributed by atoms with Crippen LogP contribution in [0, 0.1) is 17.3 Å². The molecule has 1 N–H and O–H groups in total. The Kier molecular flexibility index (Phi) is 3.20. The maximum absolute atomic E-state index is 11.1. The third kappa shape index (κ3) is 1.64. The number of carbonyl (C=O) groups excluding carboxylic acids is 1. The lowest BCUT2D eigenvalue weighted by Gasteiger charge is -2.39. The van der Waals surface area contributed by atoms with Gasteiger partial charge >= 0.3 is 0 Å². The van der Waals surface area contributed by atoms with E-state index in [2.05, 4.69) is 13.8 Å². The summed E-state index contributed by atoms with van der Waals surface area (Å²) in [5.74, 6) is 0.913. The van der Waals surface area contributed by atoms with Gasteiger partial charge in [-0.15, -0.1) is 0 Å². The molecule has 0 aromatic heterocycles. The van der Waals surface area contributed by atoms with Crippen LogP contribution < -0.4 is 0 Å². The number of hydrogen-bond acceptors (Lipinski definition) is 2. The van der Waals surface area contributed by atoms with Crippen LogP contribution in [0.2, 0.25) is 0 Å². The number of rotatable bonds is 3. The molecule has 0 saturated heterocycles. The molecule has 2 rings (SSSR count). The Hall–Kier alpha value is -0.630. The first-order valence-electron chi connectivity index (χ1n) is 6.42. The molecule has 90 valence electrons. The highest BCUT2D eigenvalue weighted by Crippen LogP contribution is 2.56. The summed E-state index contributed by atoms with van der Waals surface area (Å²) >= 11 is 0. The van der Waals surface area contributed by atoms with Crippen LogP contribution in [0.15, 0.2) is 11.1 Å². The second-order valence-corrected chi connectivity index (χ2v) is 5.70. The van der Waals surface area contributed by atoms with Gasteiger partial charge in [0.2, 0.25) is 0 Å². The molecule has 0 radical (unpaired) electrons. The van der Waals surface area contributed by atoms with Crippen molar-refractivity contribution < 1.29 is 9.90 Å². The van der Waals surface area contributed by atoms with E-state index in [0.717, 1.165) is 37.5 Å². The van der Waals surface area contributed by atoms with Crippen LogP contribution in [0.3, 0.4) is 0 Å². The molecule has 0 unspecified atom stereocenters. The maximum atomic E-state index is 11.1. The smallest absolute Gasteiger partial charge is 0.145 e. The summed E-state index contributed by atoms with van der Waals surface area (Å²) in [6.07, 6.45) is 6.56. The number of aliphatic hydroxyl groups is 1. The van der Waals surface area contributed by atoms with Gasteiger partial charge in [-0.3, -0.25) is 4.79 Å². The van der Waals surface area contributed by atoms with Crippen LogP contribution in [0.5, 0.6) is 0 Å². The minimum atomic E-state index is 0.191. The number of carbonyl (C=O) groups is 1. The Bertz CT molecular complexity index is 319. The van der Waals surface area contributed by atoms with Crippen LogP contribution in [0.1, 0.15) is 46.0 Å². The molecule has 0 aliphatic heterocycles. The van der Waals surface area contributed by atoms with Crippen molar-refractivity contribution in [3.05, 3.63) is 11.1 Å². The zero-order valence-electron chi connectivity index (χ0n) is 10.3. The number of aldehydes is 1. The van der Waals surface area contributed by atoms with E-state index < -0.39 is 0 Å². The third-order valence-corrected chi connectivity index (χ3v) is 4.86. The van der Waals surface area contributed by atoms with Gasteiger partial charge in [0.1, 0.15) is 6.29 Å². The summed E-state index contributed by atoms with van der Waals surface area (Å²) < 4.78 is 0.